The Morgan fingerprint density at radius 1 is 1.32 bits per heavy atom. The van der Waals surface area contributed by atoms with Gasteiger partial charge in [0.05, 0.1) is 18.1 Å². The zero-order chi connectivity index (χ0) is 18.4. The van der Waals surface area contributed by atoms with Gasteiger partial charge in [-0.15, -0.1) is 0 Å². The fourth-order valence-electron chi connectivity index (χ4n) is 2.41. The van der Waals surface area contributed by atoms with Crippen LogP contribution < -0.4 is 10.1 Å². The minimum absolute atomic E-state index is 0.0495. The van der Waals surface area contributed by atoms with Crippen molar-refractivity contribution in [2.75, 3.05) is 33.1 Å². The van der Waals surface area contributed by atoms with Gasteiger partial charge in [-0.1, -0.05) is 12.1 Å². The Bertz CT molecular complexity index is 784. The Hall–Kier alpha value is -3.18. The number of methoxy groups -OCH3 is 1. The van der Waals surface area contributed by atoms with Gasteiger partial charge < -0.3 is 15.0 Å². The Labute approximate surface area is 145 Å². The Balaban J connectivity index is 2.16. The number of hydrogen-bond acceptors (Lipinski definition) is 7. The van der Waals surface area contributed by atoms with Crippen molar-refractivity contribution >= 4 is 11.5 Å². The molecule has 0 bridgehead atoms. The summed E-state index contributed by atoms with van der Waals surface area (Å²) in [4.78, 5) is 16.3. The van der Waals surface area contributed by atoms with Crippen LogP contribution in [0.1, 0.15) is 17.3 Å². The van der Waals surface area contributed by atoms with E-state index in [9.17, 15) is 10.1 Å². The number of ether oxygens (including phenoxy) is 1. The van der Waals surface area contributed by atoms with Crippen molar-refractivity contribution in [3.8, 4) is 11.8 Å². The van der Waals surface area contributed by atoms with Gasteiger partial charge in [-0.3, -0.25) is 10.1 Å². The first-order valence-corrected chi connectivity index (χ1v) is 7.56. The second-order valence-corrected chi connectivity index (χ2v) is 5.57. The number of likely N-dealkylation sites (N-methyl/N-ethyl adjacent to an activating group) is 1. The number of nitrogens with zero attached hydrogens (tertiary/aromatic N) is 4. The number of nitriles is 1. The average molecular weight is 341 g/mol. The van der Waals surface area contributed by atoms with Crippen LogP contribution in [0.2, 0.25) is 0 Å². The predicted molar refractivity (Wildman–Crippen MR) is 93.5 cm³/mol. The minimum Gasteiger partial charge on any atom is -0.497 e. The summed E-state index contributed by atoms with van der Waals surface area (Å²) in [6.45, 7) is 0.523. The number of pyridine rings is 1. The van der Waals surface area contributed by atoms with Gasteiger partial charge in [0.1, 0.15) is 17.6 Å². The molecule has 25 heavy (non-hydrogen) atoms. The molecular formula is C17H19N5O3. The lowest BCUT2D eigenvalue weighted by Gasteiger charge is -2.25. The molecule has 1 aromatic heterocycles. The molecule has 130 valence electrons. The highest BCUT2D eigenvalue weighted by Gasteiger charge is 2.17. The highest BCUT2D eigenvalue weighted by Crippen LogP contribution is 2.23. The van der Waals surface area contributed by atoms with Crippen LogP contribution in [0, 0.1) is 21.4 Å². The second-order valence-electron chi connectivity index (χ2n) is 5.57. The van der Waals surface area contributed by atoms with Crippen molar-refractivity contribution in [2.24, 2.45) is 0 Å². The Kier molecular flexibility index (Phi) is 5.87. The molecule has 0 fully saturated rings. The normalized spacial score (nSPS) is 11.6. The molecule has 8 nitrogen and oxygen atoms in total. The summed E-state index contributed by atoms with van der Waals surface area (Å²) >= 11 is 0. The van der Waals surface area contributed by atoms with Gasteiger partial charge in [-0.05, 0) is 37.9 Å². The first-order chi connectivity index (χ1) is 12.0. The number of benzene rings is 1. The molecule has 2 aromatic rings. The largest absolute Gasteiger partial charge is 0.497 e. The van der Waals surface area contributed by atoms with E-state index in [0.29, 0.717) is 12.4 Å². The van der Waals surface area contributed by atoms with E-state index >= 15 is 0 Å². The number of aromatic nitrogens is 1. The van der Waals surface area contributed by atoms with E-state index in [4.69, 9.17) is 10.00 Å². The Morgan fingerprint density at radius 3 is 2.52 bits per heavy atom. The van der Waals surface area contributed by atoms with E-state index in [0.717, 1.165) is 11.3 Å². The maximum atomic E-state index is 10.9. The predicted octanol–water partition coefficient (Wildman–Crippen LogP) is 2.58. The molecule has 0 aliphatic carbocycles. The molecule has 1 atom stereocenters. The summed E-state index contributed by atoms with van der Waals surface area (Å²) in [5.74, 6) is 1.20. The summed E-state index contributed by atoms with van der Waals surface area (Å²) in [6, 6.07) is 12.3. The van der Waals surface area contributed by atoms with Gasteiger partial charge in [-0.2, -0.15) is 5.26 Å². The summed E-state index contributed by atoms with van der Waals surface area (Å²) < 4.78 is 5.17. The molecule has 1 N–H and O–H groups in total. The molecule has 0 amide bonds. The first kappa shape index (κ1) is 18.2. The molecule has 0 spiro atoms. The van der Waals surface area contributed by atoms with Crippen molar-refractivity contribution in [2.45, 2.75) is 6.04 Å². The fourth-order valence-corrected chi connectivity index (χ4v) is 2.41. The third-order valence-electron chi connectivity index (χ3n) is 3.78. The van der Waals surface area contributed by atoms with Gasteiger partial charge in [0.25, 0.3) is 0 Å². The number of hydrogen-bond donors (Lipinski definition) is 1. The lowest BCUT2D eigenvalue weighted by Crippen LogP contribution is -2.27. The molecule has 8 heteroatoms. The lowest BCUT2D eigenvalue weighted by molar-refractivity contribution is -0.385. The van der Waals surface area contributed by atoms with E-state index in [1.54, 1.807) is 13.2 Å². The highest BCUT2D eigenvalue weighted by atomic mass is 16.6. The molecule has 0 radical (unpaired) electrons. The van der Waals surface area contributed by atoms with Gasteiger partial charge in [0.15, 0.2) is 0 Å². The van der Waals surface area contributed by atoms with Crippen LogP contribution in [0.3, 0.4) is 0 Å². The number of nitrogens with one attached hydrogen (secondary N) is 1. The molecule has 1 heterocycles. The third-order valence-corrected chi connectivity index (χ3v) is 3.78. The lowest BCUT2D eigenvalue weighted by atomic mass is 10.1. The summed E-state index contributed by atoms with van der Waals surface area (Å²) in [5.41, 5.74) is 0.578. The molecule has 0 aliphatic heterocycles. The summed E-state index contributed by atoms with van der Waals surface area (Å²) in [5, 5.41) is 23.0. The highest BCUT2D eigenvalue weighted by molar-refractivity contribution is 5.50. The fraction of sp³-hybridized carbons (Fsp3) is 0.294. The zero-order valence-corrected chi connectivity index (χ0v) is 14.3. The van der Waals surface area contributed by atoms with E-state index < -0.39 is 4.92 Å². The van der Waals surface area contributed by atoms with Crippen LogP contribution in [-0.4, -0.2) is 42.6 Å². The molecule has 0 aliphatic rings. The van der Waals surface area contributed by atoms with Crippen LogP contribution in [0.5, 0.6) is 5.75 Å². The first-order valence-electron chi connectivity index (χ1n) is 7.56. The van der Waals surface area contributed by atoms with E-state index in [2.05, 4.69) is 10.3 Å². The average Bonchev–Trinajstić information content (AvgIpc) is 2.61. The smallest absolute Gasteiger partial charge is 0.305 e. The van der Waals surface area contributed by atoms with E-state index in [1.165, 1.54) is 12.1 Å². The SMILES string of the molecule is COc1ccc(C(CNc2ccc([N+](=O)[O-])c(C#N)n2)N(C)C)cc1. The van der Waals surface area contributed by atoms with Crippen LogP contribution in [-0.2, 0) is 0 Å². The van der Waals surface area contributed by atoms with Crippen molar-refractivity contribution in [3.05, 3.63) is 57.8 Å². The number of rotatable bonds is 7. The number of nitro groups is 1. The van der Waals surface area contributed by atoms with Crippen molar-refractivity contribution in [3.63, 3.8) is 0 Å². The maximum absolute atomic E-state index is 10.9. The standard InChI is InChI=1S/C17H19N5O3/c1-21(2)16(12-4-6-13(25-3)7-5-12)11-19-17-9-8-15(22(23)24)14(10-18)20-17/h4-9,16H,11H2,1-3H3,(H,19,20). The maximum Gasteiger partial charge on any atom is 0.305 e. The molecule has 1 unspecified atom stereocenters. The number of anilines is 1. The quantitative estimate of drug-likeness (QED) is 0.609. The van der Waals surface area contributed by atoms with Crippen LogP contribution in [0.4, 0.5) is 11.5 Å². The van der Waals surface area contributed by atoms with Gasteiger partial charge >= 0.3 is 5.69 Å². The van der Waals surface area contributed by atoms with Crippen molar-refractivity contribution < 1.29 is 9.66 Å². The third kappa shape index (κ3) is 4.43. The molecule has 0 saturated heterocycles. The zero-order valence-electron chi connectivity index (χ0n) is 14.3. The molecule has 1 aromatic carbocycles. The van der Waals surface area contributed by atoms with Crippen LogP contribution >= 0.6 is 0 Å². The van der Waals surface area contributed by atoms with E-state index in [-0.39, 0.29) is 17.4 Å². The van der Waals surface area contributed by atoms with Crippen molar-refractivity contribution in [1.29, 1.82) is 5.26 Å². The molecular weight excluding hydrogens is 322 g/mol. The Morgan fingerprint density at radius 2 is 2.00 bits per heavy atom. The second kappa shape index (κ2) is 8.08. The summed E-state index contributed by atoms with van der Waals surface area (Å²) in [7, 11) is 5.54. The summed E-state index contributed by atoms with van der Waals surface area (Å²) in [6.07, 6.45) is 0. The van der Waals surface area contributed by atoms with Crippen LogP contribution in [0.25, 0.3) is 0 Å². The van der Waals surface area contributed by atoms with Gasteiger partial charge in [0, 0.05) is 12.6 Å². The monoisotopic (exact) mass is 341 g/mol. The van der Waals surface area contributed by atoms with Gasteiger partial charge in [-0.25, -0.2) is 4.98 Å². The van der Waals surface area contributed by atoms with Crippen molar-refractivity contribution in [1.82, 2.24) is 9.88 Å². The molecule has 0 saturated carbocycles. The minimum atomic E-state index is -0.616. The topological polar surface area (TPSA) is 104 Å². The van der Waals surface area contributed by atoms with Gasteiger partial charge in [0.2, 0.25) is 5.69 Å². The van der Waals surface area contributed by atoms with E-state index in [1.807, 2.05) is 43.3 Å². The van der Waals surface area contributed by atoms with Crippen LogP contribution in [0.15, 0.2) is 36.4 Å². The molecule has 2 rings (SSSR count).